The Balaban J connectivity index is 0. The molecular formula is C7H9Cl2F9Si. The minimum Gasteiger partial charge on any atom is -0.244 e. The number of rotatable bonds is 6. The molecule has 0 aliphatic carbocycles. The predicted molar refractivity (Wildman–Crippen MR) is 56.8 cm³/mol. The van der Waals surface area contributed by atoms with Crippen LogP contribution in [-0.4, -0.2) is 51.6 Å². The number of alkyl halides is 10. The molecule has 118 valence electrons. The molecule has 0 nitrogen and oxygen atoms in total. The van der Waals surface area contributed by atoms with Crippen LogP contribution < -0.4 is 0 Å². The first-order valence-electron chi connectivity index (χ1n) is 4.39. The number of halogens is 11. The zero-order valence-electron chi connectivity index (χ0n) is 9.17. The van der Waals surface area contributed by atoms with Gasteiger partial charge in [0.25, 0.3) is 6.43 Å². The maximum Gasteiger partial charge on any atom is 0.346 e. The van der Waals surface area contributed by atoms with E-state index in [1.807, 2.05) is 0 Å². The summed E-state index contributed by atoms with van der Waals surface area (Å²) in [4.78, 5) is 0. The molecule has 0 aliphatic rings. The molecule has 3 atom stereocenters. The number of hydrogen-bond acceptors (Lipinski definition) is 0. The molecule has 3 unspecified atom stereocenters. The van der Waals surface area contributed by atoms with E-state index in [1.165, 1.54) is 6.38 Å². The van der Waals surface area contributed by atoms with Gasteiger partial charge in [-0.2, -0.15) is 28.6 Å². The highest BCUT2D eigenvalue weighted by atomic mass is 35.6. The first-order valence-corrected chi connectivity index (χ1v) is 8.11. The second-order valence-corrected chi connectivity index (χ2v) is 5.00. The molecule has 0 saturated carbocycles. The van der Waals surface area contributed by atoms with Gasteiger partial charge in [-0.25, -0.2) is 22.0 Å². The van der Waals surface area contributed by atoms with Gasteiger partial charge in [-0.05, 0) is 0 Å². The third kappa shape index (κ3) is 4.89. The molecule has 0 radical (unpaired) electrons. The van der Waals surface area contributed by atoms with Crippen LogP contribution in [0.15, 0.2) is 0 Å². The van der Waals surface area contributed by atoms with Gasteiger partial charge in [0, 0.05) is 6.38 Å². The van der Waals surface area contributed by atoms with E-state index >= 15 is 0 Å². The van der Waals surface area contributed by atoms with Crippen LogP contribution in [0, 0.1) is 0 Å². The Bertz CT molecular complexity index is 253. The van der Waals surface area contributed by atoms with Crippen molar-refractivity contribution in [2.45, 2.75) is 36.4 Å². The van der Waals surface area contributed by atoms with Gasteiger partial charge in [0.2, 0.25) is 6.17 Å². The van der Waals surface area contributed by atoms with E-state index in [0.29, 0.717) is 0 Å². The Hall–Kier alpha value is 0.167. The Kier molecular flexibility index (Phi) is 9.55. The minimum absolute atomic E-state index is 1.47. The van der Waals surface area contributed by atoms with E-state index in [0.717, 1.165) is 0 Å². The zero-order valence-corrected chi connectivity index (χ0v) is 12.1. The molecule has 0 rings (SSSR count). The van der Waals surface area contributed by atoms with E-state index in [1.54, 1.807) is 0 Å². The largest absolute Gasteiger partial charge is 0.346 e. The molecule has 0 aromatic rings. The molecule has 0 aliphatic heterocycles. The molecule has 0 heterocycles. The highest BCUT2D eigenvalue weighted by Crippen LogP contribution is 2.44. The molecule has 0 saturated heterocycles. The summed E-state index contributed by atoms with van der Waals surface area (Å²) >= 11 is 9.31. The van der Waals surface area contributed by atoms with E-state index < -0.39 is 45.2 Å². The van der Waals surface area contributed by atoms with Crippen molar-refractivity contribution in [3.05, 3.63) is 0 Å². The third-order valence-corrected chi connectivity index (χ3v) is 3.44. The molecule has 0 amide bonds. The Labute approximate surface area is 114 Å². The van der Waals surface area contributed by atoms with Gasteiger partial charge < -0.3 is 0 Å². The standard InChI is InChI=1S/C6H6ClF9Si.CH3Cl/c7-17-4(12)6(15,16)5(13,14)2(9)1(8)3(10)11;1-2/h1-4H,17H2;1H3. The van der Waals surface area contributed by atoms with Crippen LogP contribution in [0.1, 0.15) is 0 Å². The minimum atomic E-state index is -5.90. The fourth-order valence-corrected chi connectivity index (χ4v) is 1.86. The molecule has 0 aromatic heterocycles. The zero-order chi connectivity index (χ0) is 16.0. The second kappa shape index (κ2) is 8.45. The second-order valence-electron chi connectivity index (χ2n) is 3.05. The normalized spacial score (nSPS) is 18.2. The van der Waals surface area contributed by atoms with Crippen LogP contribution in [-0.2, 0) is 0 Å². The first-order chi connectivity index (χ1) is 8.50. The van der Waals surface area contributed by atoms with Gasteiger partial charge in [0.05, 0.1) is 0 Å². The van der Waals surface area contributed by atoms with Crippen molar-refractivity contribution >= 4 is 31.5 Å². The van der Waals surface area contributed by atoms with Crippen LogP contribution in [0.5, 0.6) is 0 Å². The summed E-state index contributed by atoms with van der Waals surface area (Å²) in [6.07, 6.45) is -11.4. The van der Waals surface area contributed by atoms with Crippen molar-refractivity contribution in [1.82, 2.24) is 0 Å². The summed E-state index contributed by atoms with van der Waals surface area (Å²) in [5, 5.41) is 0. The molecule has 0 bridgehead atoms. The Morgan fingerprint density at radius 1 is 0.842 bits per heavy atom. The van der Waals surface area contributed by atoms with Crippen molar-refractivity contribution < 1.29 is 39.5 Å². The lowest BCUT2D eigenvalue weighted by Gasteiger charge is -2.31. The van der Waals surface area contributed by atoms with Crippen molar-refractivity contribution in [2.75, 3.05) is 6.38 Å². The molecule has 12 heteroatoms. The number of hydrogen-bond donors (Lipinski definition) is 0. The van der Waals surface area contributed by atoms with Crippen molar-refractivity contribution in [3.63, 3.8) is 0 Å². The molecule has 0 spiro atoms. The quantitative estimate of drug-likeness (QED) is 0.292. The molecule has 0 aromatic carbocycles. The summed E-state index contributed by atoms with van der Waals surface area (Å²) in [6, 6.07) is 0. The predicted octanol–water partition coefficient (Wildman–Crippen LogP) is 3.67. The van der Waals surface area contributed by atoms with Crippen molar-refractivity contribution in [3.8, 4) is 0 Å². The molecule has 0 fully saturated rings. The van der Waals surface area contributed by atoms with Gasteiger partial charge in [-0.3, -0.25) is 0 Å². The van der Waals surface area contributed by atoms with Gasteiger partial charge in [0.1, 0.15) is 0 Å². The fraction of sp³-hybridized carbons (Fsp3) is 1.00. The van der Waals surface area contributed by atoms with Crippen LogP contribution in [0.25, 0.3) is 0 Å². The fourth-order valence-electron chi connectivity index (χ4n) is 0.817. The average molecular weight is 363 g/mol. The maximum absolute atomic E-state index is 12.7. The highest BCUT2D eigenvalue weighted by Gasteiger charge is 2.68. The average Bonchev–Trinajstić information content (AvgIpc) is 2.37. The van der Waals surface area contributed by atoms with Crippen LogP contribution in [0.4, 0.5) is 39.5 Å². The van der Waals surface area contributed by atoms with Crippen molar-refractivity contribution in [2.24, 2.45) is 0 Å². The highest BCUT2D eigenvalue weighted by molar-refractivity contribution is 6.94. The van der Waals surface area contributed by atoms with Gasteiger partial charge in [-0.1, -0.05) is 0 Å². The summed E-state index contributed by atoms with van der Waals surface area (Å²) in [5.41, 5.74) is 0. The van der Waals surface area contributed by atoms with E-state index in [2.05, 4.69) is 22.7 Å². The monoisotopic (exact) mass is 362 g/mol. The third-order valence-electron chi connectivity index (χ3n) is 1.84. The lowest BCUT2D eigenvalue weighted by atomic mass is 10.0. The van der Waals surface area contributed by atoms with Crippen LogP contribution in [0.3, 0.4) is 0 Å². The SMILES string of the molecule is CCl.FC(F)C(F)C(F)C(F)(F)C(F)(F)C(F)[SiH2]Cl. The van der Waals surface area contributed by atoms with E-state index in [9.17, 15) is 39.5 Å². The summed E-state index contributed by atoms with van der Waals surface area (Å²) in [7, 11) is -2.82. The summed E-state index contributed by atoms with van der Waals surface area (Å²) in [6.45, 7) is 0. The Morgan fingerprint density at radius 2 is 1.21 bits per heavy atom. The van der Waals surface area contributed by atoms with Crippen molar-refractivity contribution in [1.29, 1.82) is 0 Å². The summed E-state index contributed by atoms with van der Waals surface area (Å²) in [5.74, 6) is -15.1. The topological polar surface area (TPSA) is 0 Å². The molecular weight excluding hydrogens is 354 g/mol. The lowest BCUT2D eigenvalue weighted by Crippen LogP contribution is -2.57. The summed E-state index contributed by atoms with van der Waals surface area (Å²) < 4.78 is 111. The van der Waals surface area contributed by atoms with Gasteiger partial charge >= 0.3 is 11.8 Å². The van der Waals surface area contributed by atoms with E-state index in [4.69, 9.17) is 0 Å². The lowest BCUT2D eigenvalue weighted by molar-refractivity contribution is -0.265. The molecule has 19 heavy (non-hydrogen) atoms. The van der Waals surface area contributed by atoms with Crippen LogP contribution in [0.2, 0.25) is 0 Å². The Morgan fingerprint density at radius 3 is 1.47 bits per heavy atom. The molecule has 0 N–H and O–H groups in total. The van der Waals surface area contributed by atoms with Crippen LogP contribution >= 0.6 is 22.7 Å². The smallest absolute Gasteiger partial charge is 0.244 e. The van der Waals surface area contributed by atoms with Gasteiger partial charge in [-0.15, -0.1) is 11.6 Å². The maximum atomic E-state index is 12.7. The van der Waals surface area contributed by atoms with Gasteiger partial charge in [0.15, 0.2) is 20.8 Å². The van der Waals surface area contributed by atoms with E-state index in [-0.39, 0.29) is 0 Å². The first kappa shape index (κ1) is 21.5.